The number of nitrogens with zero attached hydrogens (tertiary/aromatic N) is 2. The molecule has 6 nitrogen and oxygen atoms in total. The number of carboxylic acids is 1. The zero-order valence-electron chi connectivity index (χ0n) is 16.2. The number of aromatic nitrogens is 1. The number of carboxylic acid groups (broad SMARTS) is 1. The fraction of sp³-hybridized carbons (Fsp3) is 0.524. The number of benzene rings is 1. The van der Waals surface area contributed by atoms with Crippen molar-refractivity contribution < 1.29 is 14.3 Å². The van der Waals surface area contributed by atoms with Gasteiger partial charge in [0, 0.05) is 42.3 Å². The number of piperidine rings is 1. The number of aryl methyl sites for hydroxylation is 1. The lowest BCUT2D eigenvalue weighted by Crippen LogP contribution is -2.46. The summed E-state index contributed by atoms with van der Waals surface area (Å²) in [5.41, 5.74) is 7.21. The summed E-state index contributed by atoms with van der Waals surface area (Å²) < 4.78 is 17.2. The molecule has 2 aromatic rings. The smallest absolute Gasteiger partial charge is 0.341 e. The third kappa shape index (κ3) is 2.98. The molecule has 1 aromatic heterocycles. The molecule has 1 aliphatic carbocycles. The Balaban J connectivity index is 1.99. The van der Waals surface area contributed by atoms with E-state index in [2.05, 4.69) is 6.92 Å². The van der Waals surface area contributed by atoms with Crippen LogP contribution < -0.4 is 16.1 Å². The van der Waals surface area contributed by atoms with Crippen LogP contribution in [-0.4, -0.2) is 34.8 Å². The maximum Gasteiger partial charge on any atom is 0.341 e. The Kier molecular flexibility index (Phi) is 4.65. The molecule has 2 atom stereocenters. The van der Waals surface area contributed by atoms with Crippen LogP contribution in [0.3, 0.4) is 0 Å². The molecule has 0 amide bonds. The molecule has 150 valence electrons. The number of hydrogen-bond acceptors (Lipinski definition) is 4. The second-order valence-electron chi connectivity index (χ2n) is 8.13. The lowest BCUT2D eigenvalue weighted by molar-refractivity contribution is 0.0695. The summed E-state index contributed by atoms with van der Waals surface area (Å²) in [6.45, 7) is 5.35. The van der Waals surface area contributed by atoms with Gasteiger partial charge >= 0.3 is 5.97 Å². The van der Waals surface area contributed by atoms with Crippen molar-refractivity contribution in [1.82, 2.24) is 4.57 Å². The average molecular weight is 387 g/mol. The Morgan fingerprint density at radius 2 is 2.07 bits per heavy atom. The van der Waals surface area contributed by atoms with Gasteiger partial charge in [-0.1, -0.05) is 13.8 Å². The lowest BCUT2D eigenvalue weighted by Gasteiger charge is -2.38. The predicted molar refractivity (Wildman–Crippen MR) is 107 cm³/mol. The molecule has 28 heavy (non-hydrogen) atoms. The predicted octanol–water partition coefficient (Wildman–Crippen LogP) is 2.91. The highest BCUT2D eigenvalue weighted by Crippen LogP contribution is 2.41. The molecule has 3 N–H and O–H groups in total. The number of aromatic carboxylic acids is 1. The van der Waals surface area contributed by atoms with E-state index in [1.165, 1.54) is 12.3 Å². The van der Waals surface area contributed by atoms with E-state index >= 15 is 4.39 Å². The van der Waals surface area contributed by atoms with Crippen LogP contribution in [0, 0.1) is 11.7 Å². The average Bonchev–Trinajstić information content (AvgIpc) is 3.48. The number of rotatable bonds is 4. The minimum atomic E-state index is -1.28. The lowest BCUT2D eigenvalue weighted by atomic mass is 9.93. The number of carbonyl (C=O) groups is 1. The summed E-state index contributed by atoms with van der Waals surface area (Å²) in [5, 5.41) is 9.59. The van der Waals surface area contributed by atoms with E-state index < -0.39 is 17.2 Å². The molecule has 1 saturated carbocycles. The number of pyridine rings is 1. The molecule has 0 unspecified atom stereocenters. The molecule has 7 heteroatoms. The summed E-state index contributed by atoms with van der Waals surface area (Å²) in [6, 6.07) is 1.50. The molecule has 0 radical (unpaired) electrons. The molecule has 2 fully saturated rings. The van der Waals surface area contributed by atoms with Crippen LogP contribution in [-0.2, 0) is 6.42 Å². The Labute approximate surface area is 162 Å². The Morgan fingerprint density at radius 3 is 2.64 bits per heavy atom. The van der Waals surface area contributed by atoms with Gasteiger partial charge in [-0.15, -0.1) is 0 Å². The van der Waals surface area contributed by atoms with Crippen molar-refractivity contribution in [1.29, 1.82) is 0 Å². The second-order valence-corrected chi connectivity index (χ2v) is 8.13. The Morgan fingerprint density at radius 1 is 1.36 bits per heavy atom. The fourth-order valence-corrected chi connectivity index (χ4v) is 4.39. The summed E-state index contributed by atoms with van der Waals surface area (Å²) in [5.74, 6) is -1.50. The molecule has 4 rings (SSSR count). The van der Waals surface area contributed by atoms with Crippen molar-refractivity contribution in [2.24, 2.45) is 11.7 Å². The van der Waals surface area contributed by atoms with E-state index in [4.69, 9.17) is 5.73 Å². The fourth-order valence-electron chi connectivity index (χ4n) is 4.39. The normalized spacial score (nSPS) is 22.6. The summed E-state index contributed by atoms with van der Waals surface area (Å²) in [6.07, 6.45) is 4.65. The van der Waals surface area contributed by atoms with Crippen molar-refractivity contribution in [3.05, 3.63) is 39.4 Å². The minimum Gasteiger partial charge on any atom is -0.477 e. The number of halogens is 1. The highest BCUT2D eigenvalue weighted by Gasteiger charge is 2.32. The number of anilines is 1. The van der Waals surface area contributed by atoms with Crippen LogP contribution >= 0.6 is 0 Å². The van der Waals surface area contributed by atoms with Crippen LogP contribution in [0.1, 0.15) is 55.1 Å². The van der Waals surface area contributed by atoms with Crippen LogP contribution in [0.25, 0.3) is 10.9 Å². The van der Waals surface area contributed by atoms with Crippen LogP contribution in [0.4, 0.5) is 10.1 Å². The first-order valence-electron chi connectivity index (χ1n) is 9.97. The zero-order valence-corrected chi connectivity index (χ0v) is 16.2. The molecular formula is C21H26FN3O3. The Bertz CT molecular complexity index is 1010. The third-order valence-corrected chi connectivity index (χ3v) is 6.15. The van der Waals surface area contributed by atoms with Gasteiger partial charge in [0.25, 0.3) is 0 Å². The first-order valence-corrected chi connectivity index (χ1v) is 9.97. The van der Waals surface area contributed by atoms with E-state index in [1.54, 1.807) is 0 Å². The molecule has 2 aliphatic rings. The molecule has 0 bridgehead atoms. The van der Waals surface area contributed by atoms with Gasteiger partial charge < -0.3 is 20.3 Å². The van der Waals surface area contributed by atoms with Gasteiger partial charge in [-0.25, -0.2) is 9.18 Å². The quantitative estimate of drug-likeness (QED) is 0.842. The maximum absolute atomic E-state index is 15.3. The molecular weight excluding hydrogens is 361 g/mol. The monoisotopic (exact) mass is 387 g/mol. The highest BCUT2D eigenvalue weighted by atomic mass is 19.1. The van der Waals surface area contributed by atoms with Crippen molar-refractivity contribution in [2.75, 3.05) is 18.0 Å². The minimum absolute atomic E-state index is 0.104. The van der Waals surface area contributed by atoms with Crippen molar-refractivity contribution in [3.63, 3.8) is 0 Å². The zero-order chi connectivity index (χ0) is 20.2. The number of hydrogen-bond donors (Lipinski definition) is 2. The standard InChI is InChI=1S/C21H26FN3O3/c1-3-13-18-14(20(26)15(21(27)28)10-25(18)12-4-5-12)8-16(22)19(13)24-7-6-17(23)11(2)9-24/h8,10-12,17H,3-7,9,23H2,1-2H3,(H,27,28)/t11-,17-/m1/s1. The summed E-state index contributed by atoms with van der Waals surface area (Å²) in [4.78, 5) is 26.4. The molecule has 1 aliphatic heterocycles. The van der Waals surface area contributed by atoms with Crippen molar-refractivity contribution in [3.8, 4) is 0 Å². The third-order valence-electron chi connectivity index (χ3n) is 6.15. The van der Waals surface area contributed by atoms with Gasteiger partial charge in [0.1, 0.15) is 11.4 Å². The van der Waals surface area contributed by atoms with Gasteiger partial charge in [-0.2, -0.15) is 0 Å². The van der Waals surface area contributed by atoms with Gasteiger partial charge in [0.05, 0.1) is 11.2 Å². The molecule has 1 aromatic carbocycles. The van der Waals surface area contributed by atoms with Crippen LogP contribution in [0.2, 0.25) is 0 Å². The van der Waals surface area contributed by atoms with E-state index in [0.29, 0.717) is 30.7 Å². The highest BCUT2D eigenvalue weighted by molar-refractivity contribution is 5.95. The van der Waals surface area contributed by atoms with Crippen molar-refractivity contribution >= 4 is 22.6 Å². The van der Waals surface area contributed by atoms with E-state index in [-0.39, 0.29) is 29.0 Å². The molecule has 1 saturated heterocycles. The summed E-state index contributed by atoms with van der Waals surface area (Å²) in [7, 11) is 0. The SMILES string of the molecule is CCc1c(N2CC[C@@H](N)[C@H](C)C2)c(F)cc2c(=O)c(C(=O)O)cn(C3CC3)c12. The van der Waals surface area contributed by atoms with Gasteiger partial charge in [0.2, 0.25) is 5.43 Å². The number of nitrogens with two attached hydrogens (primary N) is 1. The Hall–Kier alpha value is -2.41. The topological polar surface area (TPSA) is 88.6 Å². The first-order chi connectivity index (χ1) is 13.3. The first kappa shape index (κ1) is 18.9. The van der Waals surface area contributed by atoms with E-state index in [9.17, 15) is 14.7 Å². The van der Waals surface area contributed by atoms with Crippen LogP contribution in [0.5, 0.6) is 0 Å². The number of fused-ring (bicyclic) bond motifs is 1. The van der Waals surface area contributed by atoms with Gasteiger partial charge in [0.15, 0.2) is 0 Å². The molecule has 2 heterocycles. The van der Waals surface area contributed by atoms with Crippen molar-refractivity contribution in [2.45, 2.75) is 51.6 Å². The second kappa shape index (κ2) is 6.88. The van der Waals surface area contributed by atoms with Crippen LogP contribution in [0.15, 0.2) is 17.1 Å². The molecule has 0 spiro atoms. The summed E-state index contributed by atoms with van der Waals surface area (Å²) >= 11 is 0. The van der Waals surface area contributed by atoms with Gasteiger partial charge in [-0.3, -0.25) is 4.79 Å². The van der Waals surface area contributed by atoms with E-state index in [1.807, 2.05) is 16.4 Å². The maximum atomic E-state index is 15.3. The van der Waals surface area contributed by atoms with E-state index in [0.717, 1.165) is 24.8 Å². The van der Waals surface area contributed by atoms with Gasteiger partial charge in [-0.05, 0) is 37.7 Å². The largest absolute Gasteiger partial charge is 0.477 e.